The van der Waals surface area contributed by atoms with E-state index in [0.29, 0.717) is 29.9 Å². The van der Waals surface area contributed by atoms with Gasteiger partial charge in [0.1, 0.15) is 5.75 Å². The average Bonchev–Trinajstić information content (AvgIpc) is 3.27. The largest absolute Gasteiger partial charge is 0.507 e. The Morgan fingerprint density at radius 3 is 2.65 bits per heavy atom. The molecule has 0 unspecified atom stereocenters. The van der Waals surface area contributed by atoms with Crippen molar-refractivity contribution in [2.45, 2.75) is 43.3 Å². The fourth-order valence-corrected chi connectivity index (χ4v) is 4.68. The van der Waals surface area contributed by atoms with Crippen molar-refractivity contribution in [1.29, 1.82) is 0 Å². The van der Waals surface area contributed by atoms with E-state index in [9.17, 15) is 13.9 Å². The number of phenols is 1. The molecule has 2 aromatic heterocycles. The number of benzene rings is 1. The molecular formula is C22H24F2N6O. The van der Waals surface area contributed by atoms with Crippen LogP contribution in [0, 0.1) is 0 Å². The first-order valence-electron chi connectivity index (χ1n) is 10.3. The van der Waals surface area contributed by atoms with Gasteiger partial charge < -0.3 is 15.3 Å². The maximum absolute atomic E-state index is 14.0. The Hall–Kier alpha value is -3.07. The lowest BCUT2D eigenvalue weighted by Gasteiger charge is -2.36. The van der Waals surface area contributed by atoms with Crippen molar-refractivity contribution in [1.82, 2.24) is 25.3 Å². The number of piperidine rings is 1. The van der Waals surface area contributed by atoms with Gasteiger partial charge in [-0.25, -0.2) is 8.78 Å². The predicted molar refractivity (Wildman–Crippen MR) is 113 cm³/mol. The zero-order chi connectivity index (χ0) is 21.8. The van der Waals surface area contributed by atoms with Gasteiger partial charge in [0.2, 0.25) is 0 Å². The van der Waals surface area contributed by atoms with Gasteiger partial charge in [-0.2, -0.15) is 5.10 Å². The van der Waals surface area contributed by atoms with Crippen molar-refractivity contribution < 1.29 is 13.9 Å². The number of rotatable bonds is 4. The Bertz CT molecular complexity index is 1100. The lowest BCUT2D eigenvalue weighted by Crippen LogP contribution is -2.49. The van der Waals surface area contributed by atoms with Crippen LogP contribution in [0.2, 0.25) is 0 Å². The van der Waals surface area contributed by atoms with E-state index in [4.69, 9.17) is 0 Å². The van der Waals surface area contributed by atoms with Crippen LogP contribution in [0.25, 0.3) is 22.4 Å². The Morgan fingerprint density at radius 2 is 2.00 bits per heavy atom. The van der Waals surface area contributed by atoms with Crippen LogP contribution < -0.4 is 10.2 Å². The summed E-state index contributed by atoms with van der Waals surface area (Å²) >= 11 is 0. The Balaban J connectivity index is 1.33. The van der Waals surface area contributed by atoms with Crippen LogP contribution in [-0.4, -0.2) is 56.2 Å². The van der Waals surface area contributed by atoms with Gasteiger partial charge in [-0.15, -0.1) is 10.2 Å². The number of phenolic OH excluding ortho intramolecular Hbond substituents is 1. The molecule has 2 bridgehead atoms. The Kier molecular flexibility index (Phi) is 4.65. The molecule has 9 heteroatoms. The molecule has 5 rings (SSSR count). The number of hydrogen-bond acceptors (Lipinski definition) is 6. The predicted octanol–water partition coefficient (Wildman–Crippen LogP) is 3.21. The molecule has 0 radical (unpaired) electrons. The number of halogens is 2. The highest BCUT2D eigenvalue weighted by atomic mass is 19.3. The quantitative estimate of drug-likeness (QED) is 0.667. The van der Waals surface area contributed by atoms with Crippen molar-refractivity contribution in [2.24, 2.45) is 7.05 Å². The monoisotopic (exact) mass is 426 g/mol. The molecule has 4 heterocycles. The SMILES string of the molecule is CN(c1ccc(-c2ccc(-c3cnn(C)c3)cc2O)nn1)[C@@H]1C[C@@H]2CC(F)(F)[C@@H](C1)N2. The van der Waals surface area contributed by atoms with E-state index >= 15 is 0 Å². The molecule has 0 aliphatic carbocycles. The molecular weight excluding hydrogens is 402 g/mol. The molecule has 2 aliphatic heterocycles. The molecule has 3 aromatic rings. The van der Waals surface area contributed by atoms with E-state index in [1.165, 1.54) is 0 Å². The van der Waals surface area contributed by atoms with E-state index < -0.39 is 12.0 Å². The third kappa shape index (κ3) is 3.63. The number of aromatic hydroxyl groups is 1. The fraction of sp³-hybridized carbons (Fsp3) is 0.409. The molecule has 162 valence electrons. The van der Waals surface area contributed by atoms with E-state index in [1.54, 1.807) is 29.1 Å². The van der Waals surface area contributed by atoms with Crippen LogP contribution in [0.3, 0.4) is 0 Å². The van der Waals surface area contributed by atoms with Crippen LogP contribution in [0.1, 0.15) is 19.3 Å². The van der Waals surface area contributed by atoms with E-state index in [2.05, 4.69) is 20.6 Å². The van der Waals surface area contributed by atoms with Crippen LogP contribution in [0.5, 0.6) is 5.75 Å². The number of nitrogens with zero attached hydrogens (tertiary/aromatic N) is 5. The van der Waals surface area contributed by atoms with Gasteiger partial charge in [0.15, 0.2) is 5.82 Å². The summed E-state index contributed by atoms with van der Waals surface area (Å²) in [5, 5.41) is 26.3. The number of anilines is 1. The molecule has 2 aliphatic rings. The van der Waals surface area contributed by atoms with Crippen molar-refractivity contribution in [2.75, 3.05) is 11.9 Å². The van der Waals surface area contributed by atoms with Crippen LogP contribution >= 0.6 is 0 Å². The maximum Gasteiger partial charge on any atom is 0.264 e. The molecule has 31 heavy (non-hydrogen) atoms. The molecule has 2 fully saturated rings. The van der Waals surface area contributed by atoms with Crippen molar-refractivity contribution >= 4 is 5.82 Å². The third-order valence-electron chi connectivity index (χ3n) is 6.40. The number of nitrogens with one attached hydrogen (secondary N) is 1. The number of aromatic nitrogens is 4. The van der Waals surface area contributed by atoms with Crippen molar-refractivity contribution in [3.63, 3.8) is 0 Å². The minimum absolute atomic E-state index is 0.0167. The van der Waals surface area contributed by atoms with Crippen molar-refractivity contribution in [3.05, 3.63) is 42.7 Å². The lowest BCUT2D eigenvalue weighted by atomic mass is 9.98. The van der Waals surface area contributed by atoms with Gasteiger partial charge in [-0.3, -0.25) is 4.68 Å². The normalized spacial score (nSPS) is 24.3. The molecule has 7 nitrogen and oxygen atoms in total. The van der Waals surface area contributed by atoms with Gasteiger partial charge >= 0.3 is 0 Å². The van der Waals surface area contributed by atoms with Crippen LogP contribution in [-0.2, 0) is 7.05 Å². The second kappa shape index (κ2) is 7.26. The maximum atomic E-state index is 14.0. The first-order valence-corrected chi connectivity index (χ1v) is 10.3. The summed E-state index contributed by atoms with van der Waals surface area (Å²) in [7, 11) is 3.71. The second-order valence-electron chi connectivity index (χ2n) is 8.53. The highest BCUT2D eigenvalue weighted by Gasteiger charge is 2.53. The van der Waals surface area contributed by atoms with Gasteiger partial charge in [-0.1, -0.05) is 6.07 Å². The van der Waals surface area contributed by atoms with Gasteiger partial charge in [0.25, 0.3) is 5.92 Å². The average molecular weight is 426 g/mol. The molecule has 2 N–H and O–H groups in total. The number of alkyl halides is 2. The minimum Gasteiger partial charge on any atom is -0.507 e. The summed E-state index contributed by atoms with van der Waals surface area (Å²) in [4.78, 5) is 1.93. The molecule has 3 atom stereocenters. The Morgan fingerprint density at radius 1 is 1.16 bits per heavy atom. The highest BCUT2D eigenvalue weighted by Crippen LogP contribution is 2.41. The number of hydrogen-bond donors (Lipinski definition) is 2. The standard InChI is InChI=1S/C22H24F2N6O/c1-29-12-14(11-25-29)13-3-4-17(19(31)7-13)18-5-6-21(28-27-18)30(2)16-8-15-10-22(23,24)20(9-16)26-15/h3-7,11-12,15-16,20,26,31H,8-10H2,1-2H3/t15-,16-,20-/m1/s1. The summed E-state index contributed by atoms with van der Waals surface area (Å²) in [6.07, 6.45) is 4.55. The minimum atomic E-state index is -2.64. The summed E-state index contributed by atoms with van der Waals surface area (Å²) in [6.45, 7) is 0. The van der Waals surface area contributed by atoms with Crippen LogP contribution in [0.4, 0.5) is 14.6 Å². The van der Waals surface area contributed by atoms with Gasteiger partial charge in [0, 0.05) is 49.9 Å². The summed E-state index contributed by atoms with van der Waals surface area (Å²) in [5.74, 6) is -1.91. The van der Waals surface area contributed by atoms with E-state index in [-0.39, 0.29) is 24.3 Å². The molecule has 0 spiro atoms. The summed E-state index contributed by atoms with van der Waals surface area (Å²) in [6, 6.07) is 8.04. The Labute approximate surface area is 178 Å². The lowest BCUT2D eigenvalue weighted by molar-refractivity contribution is -0.0128. The summed E-state index contributed by atoms with van der Waals surface area (Å²) in [5.41, 5.74) is 2.89. The molecule has 0 amide bonds. The van der Waals surface area contributed by atoms with E-state index in [1.807, 2.05) is 37.3 Å². The third-order valence-corrected chi connectivity index (χ3v) is 6.40. The summed E-state index contributed by atoms with van der Waals surface area (Å²) < 4.78 is 29.7. The number of aryl methyl sites for hydroxylation is 1. The zero-order valence-corrected chi connectivity index (χ0v) is 17.3. The first-order chi connectivity index (χ1) is 14.8. The first kappa shape index (κ1) is 19.9. The van der Waals surface area contributed by atoms with Gasteiger partial charge in [-0.05, 0) is 42.7 Å². The number of fused-ring (bicyclic) bond motifs is 2. The second-order valence-corrected chi connectivity index (χ2v) is 8.53. The topological polar surface area (TPSA) is 79.1 Å². The molecule has 0 saturated carbocycles. The fourth-order valence-electron chi connectivity index (χ4n) is 4.68. The van der Waals surface area contributed by atoms with Gasteiger partial charge in [0.05, 0.1) is 17.9 Å². The van der Waals surface area contributed by atoms with E-state index in [0.717, 1.165) is 11.1 Å². The highest BCUT2D eigenvalue weighted by molar-refractivity contribution is 5.73. The zero-order valence-electron chi connectivity index (χ0n) is 17.3. The smallest absolute Gasteiger partial charge is 0.264 e. The van der Waals surface area contributed by atoms with Crippen LogP contribution in [0.15, 0.2) is 42.7 Å². The molecule has 2 saturated heterocycles. The van der Waals surface area contributed by atoms with Crippen molar-refractivity contribution in [3.8, 4) is 28.1 Å². The molecule has 1 aromatic carbocycles.